The highest BCUT2D eigenvalue weighted by molar-refractivity contribution is 6.65. The summed E-state index contributed by atoms with van der Waals surface area (Å²) in [5.74, 6) is 0. The van der Waals surface area contributed by atoms with Gasteiger partial charge < -0.3 is 8.85 Å². The van der Waals surface area contributed by atoms with Gasteiger partial charge >= 0.3 is 8.56 Å². The Kier molecular flexibility index (Phi) is 11.2. The van der Waals surface area contributed by atoms with Crippen molar-refractivity contribution in [3.05, 3.63) is 0 Å². The first-order valence-corrected chi connectivity index (χ1v) is 9.46. The summed E-state index contributed by atoms with van der Waals surface area (Å²) in [5.41, 5.74) is 0. The summed E-state index contributed by atoms with van der Waals surface area (Å²) in [6.07, 6.45) is 10.3. The molecule has 0 bridgehead atoms. The molecule has 0 amide bonds. The summed E-state index contributed by atoms with van der Waals surface area (Å²) in [6, 6.07) is 0.905. The van der Waals surface area contributed by atoms with Crippen molar-refractivity contribution >= 4 is 8.56 Å². The van der Waals surface area contributed by atoms with E-state index in [9.17, 15) is 4.39 Å². The molecule has 0 aliphatic carbocycles. The number of rotatable bonds is 12. The predicted octanol–water partition coefficient (Wildman–Crippen LogP) is 4.79. The summed E-state index contributed by atoms with van der Waals surface area (Å²) in [7, 11) is -0.548. The number of hydrogen-bond acceptors (Lipinski definition) is 2. The maximum absolute atomic E-state index is 12.2. The molecule has 0 heterocycles. The standard InChI is InChI=1S/C13H29FO2Si/c1-4-5-6-7-8-9-10-11-12-17(3,15-2)16-13-14/h4-13H2,1-3H3. The fraction of sp³-hybridized carbons (Fsp3) is 1.00. The van der Waals surface area contributed by atoms with Crippen molar-refractivity contribution in [2.45, 2.75) is 70.9 Å². The summed E-state index contributed by atoms with van der Waals surface area (Å²) in [4.78, 5) is 0. The average molecular weight is 264 g/mol. The topological polar surface area (TPSA) is 18.5 Å². The molecule has 0 saturated heterocycles. The first kappa shape index (κ1) is 17.1. The van der Waals surface area contributed by atoms with Crippen molar-refractivity contribution in [3.8, 4) is 0 Å². The molecule has 0 aromatic heterocycles. The Morgan fingerprint density at radius 1 is 0.941 bits per heavy atom. The van der Waals surface area contributed by atoms with Crippen LogP contribution in [0.4, 0.5) is 4.39 Å². The van der Waals surface area contributed by atoms with E-state index < -0.39 is 15.4 Å². The van der Waals surface area contributed by atoms with Gasteiger partial charge in [0.05, 0.1) is 0 Å². The normalized spacial score (nSPS) is 14.8. The third-order valence-electron chi connectivity index (χ3n) is 3.28. The van der Waals surface area contributed by atoms with E-state index >= 15 is 0 Å². The van der Waals surface area contributed by atoms with Gasteiger partial charge in [0.15, 0.2) is 6.86 Å². The number of alkyl halides is 1. The van der Waals surface area contributed by atoms with Gasteiger partial charge in [-0.05, 0) is 12.6 Å². The number of hydrogen-bond donors (Lipinski definition) is 0. The molecule has 0 aromatic rings. The van der Waals surface area contributed by atoms with E-state index in [-0.39, 0.29) is 0 Å². The van der Waals surface area contributed by atoms with E-state index in [1.54, 1.807) is 7.11 Å². The van der Waals surface area contributed by atoms with Crippen molar-refractivity contribution in [2.75, 3.05) is 14.0 Å². The molecule has 4 heteroatoms. The third kappa shape index (κ3) is 9.74. The van der Waals surface area contributed by atoms with E-state index in [1.165, 1.54) is 44.9 Å². The second-order valence-corrected chi connectivity index (χ2v) is 8.28. The van der Waals surface area contributed by atoms with Gasteiger partial charge in [-0.25, -0.2) is 4.39 Å². The smallest absolute Gasteiger partial charge is 0.336 e. The zero-order chi connectivity index (χ0) is 13.0. The van der Waals surface area contributed by atoms with Gasteiger partial charge in [-0.15, -0.1) is 0 Å². The van der Waals surface area contributed by atoms with E-state index in [4.69, 9.17) is 8.85 Å². The van der Waals surface area contributed by atoms with Crippen LogP contribution in [-0.2, 0) is 8.85 Å². The van der Waals surface area contributed by atoms with E-state index in [0.717, 1.165) is 12.5 Å². The van der Waals surface area contributed by atoms with Crippen LogP contribution in [0, 0.1) is 0 Å². The second-order valence-electron chi connectivity index (χ2n) is 4.82. The van der Waals surface area contributed by atoms with Crippen LogP contribution in [0.3, 0.4) is 0 Å². The van der Waals surface area contributed by atoms with Crippen LogP contribution in [0.1, 0.15) is 58.3 Å². The summed E-state index contributed by atoms with van der Waals surface area (Å²) in [6.45, 7) is 3.46. The molecule has 0 rings (SSSR count). The van der Waals surface area contributed by atoms with Crippen molar-refractivity contribution in [3.63, 3.8) is 0 Å². The Bertz CT molecular complexity index is 169. The molecule has 2 nitrogen and oxygen atoms in total. The minimum absolute atomic E-state index is 0.715. The van der Waals surface area contributed by atoms with Crippen molar-refractivity contribution < 1.29 is 13.2 Å². The van der Waals surface area contributed by atoms with Gasteiger partial charge in [-0.3, -0.25) is 0 Å². The SMILES string of the molecule is CCCCCCCCCC[Si](C)(OC)OCF. The molecule has 0 aliphatic heterocycles. The lowest BCUT2D eigenvalue weighted by atomic mass is 10.1. The quantitative estimate of drug-likeness (QED) is 0.373. The first-order valence-electron chi connectivity index (χ1n) is 6.93. The van der Waals surface area contributed by atoms with Gasteiger partial charge in [0.1, 0.15) is 0 Å². The molecule has 1 unspecified atom stereocenters. The van der Waals surface area contributed by atoms with Crippen LogP contribution in [0.15, 0.2) is 0 Å². The second kappa shape index (κ2) is 11.2. The molecule has 0 spiro atoms. The minimum atomic E-state index is -2.18. The molecular weight excluding hydrogens is 235 g/mol. The molecule has 1 atom stereocenters. The number of unbranched alkanes of at least 4 members (excludes halogenated alkanes) is 7. The number of halogens is 1. The summed E-state index contributed by atoms with van der Waals surface area (Å²) >= 11 is 0. The predicted molar refractivity (Wildman–Crippen MR) is 73.1 cm³/mol. The molecule has 0 saturated carbocycles. The molecule has 0 radical (unpaired) electrons. The molecule has 104 valence electrons. The average Bonchev–Trinajstić information content (AvgIpc) is 2.33. The third-order valence-corrected chi connectivity index (χ3v) is 6.12. The highest BCUT2D eigenvalue weighted by atomic mass is 28.4. The van der Waals surface area contributed by atoms with Crippen LogP contribution in [0.2, 0.25) is 12.6 Å². The van der Waals surface area contributed by atoms with Gasteiger partial charge in [0.2, 0.25) is 0 Å². The highest BCUT2D eigenvalue weighted by Crippen LogP contribution is 2.18. The molecule has 0 fully saturated rings. The maximum Gasteiger partial charge on any atom is 0.336 e. The maximum atomic E-state index is 12.2. The van der Waals surface area contributed by atoms with E-state index in [1.807, 2.05) is 6.55 Å². The summed E-state index contributed by atoms with van der Waals surface area (Å²) in [5, 5.41) is 0. The zero-order valence-electron chi connectivity index (χ0n) is 11.8. The monoisotopic (exact) mass is 264 g/mol. The summed E-state index contributed by atoms with van der Waals surface area (Å²) < 4.78 is 22.6. The lowest BCUT2D eigenvalue weighted by Gasteiger charge is -2.23. The van der Waals surface area contributed by atoms with Crippen LogP contribution in [-0.4, -0.2) is 22.5 Å². The van der Waals surface area contributed by atoms with Gasteiger partial charge in [0, 0.05) is 7.11 Å². The lowest BCUT2D eigenvalue weighted by molar-refractivity contribution is 0.130. The Morgan fingerprint density at radius 3 is 1.94 bits per heavy atom. The van der Waals surface area contributed by atoms with Gasteiger partial charge in [-0.2, -0.15) is 0 Å². The van der Waals surface area contributed by atoms with Crippen LogP contribution >= 0.6 is 0 Å². The Hall–Kier alpha value is 0.0669. The molecular formula is C13H29FO2Si. The Morgan fingerprint density at radius 2 is 1.47 bits per heavy atom. The van der Waals surface area contributed by atoms with Crippen LogP contribution in [0.25, 0.3) is 0 Å². The lowest BCUT2D eigenvalue weighted by Crippen LogP contribution is -2.37. The highest BCUT2D eigenvalue weighted by Gasteiger charge is 2.29. The first-order chi connectivity index (χ1) is 8.18. The fourth-order valence-electron chi connectivity index (χ4n) is 1.93. The largest absolute Gasteiger partial charge is 0.398 e. The molecule has 0 aliphatic rings. The van der Waals surface area contributed by atoms with Gasteiger partial charge in [-0.1, -0.05) is 58.3 Å². The Labute approximate surface area is 107 Å². The zero-order valence-corrected chi connectivity index (χ0v) is 12.8. The van der Waals surface area contributed by atoms with Crippen molar-refractivity contribution in [2.24, 2.45) is 0 Å². The molecule has 17 heavy (non-hydrogen) atoms. The van der Waals surface area contributed by atoms with Crippen molar-refractivity contribution in [1.29, 1.82) is 0 Å². The van der Waals surface area contributed by atoms with Crippen LogP contribution < -0.4 is 0 Å². The van der Waals surface area contributed by atoms with Crippen LogP contribution in [0.5, 0.6) is 0 Å². The minimum Gasteiger partial charge on any atom is -0.398 e. The van der Waals surface area contributed by atoms with E-state index in [2.05, 4.69) is 6.92 Å². The Balaban J connectivity index is 3.37. The molecule has 0 aromatic carbocycles. The fourth-order valence-corrected chi connectivity index (χ4v) is 3.52. The van der Waals surface area contributed by atoms with E-state index in [0.29, 0.717) is 0 Å². The van der Waals surface area contributed by atoms with Gasteiger partial charge in [0.25, 0.3) is 0 Å². The van der Waals surface area contributed by atoms with Crippen molar-refractivity contribution in [1.82, 2.24) is 0 Å². The molecule has 0 N–H and O–H groups in total.